The van der Waals surface area contributed by atoms with Crippen LogP contribution in [0.5, 0.6) is 0 Å². The van der Waals surface area contributed by atoms with E-state index in [9.17, 15) is 19.8 Å². The summed E-state index contributed by atoms with van der Waals surface area (Å²) in [7, 11) is 0. The second-order valence-corrected chi connectivity index (χ2v) is 8.62. The number of carbonyl (C=O) groups excluding carboxylic acids is 1. The molecule has 0 bridgehead atoms. The first-order chi connectivity index (χ1) is 14.8. The maximum Gasteiger partial charge on any atom is 0.333 e. The number of carboxylic acid groups (broad SMARTS) is 1. The fourth-order valence-corrected chi connectivity index (χ4v) is 4.13. The molecule has 2 N–H and O–H groups in total. The third kappa shape index (κ3) is 5.41. The molecular weight excluding hydrogens is 394 g/mol. The molecule has 1 aromatic heterocycles. The molecule has 7 nitrogen and oxygen atoms in total. The number of aliphatic hydroxyl groups is 1. The molecule has 3 rings (SSSR count). The maximum atomic E-state index is 13.1. The second kappa shape index (κ2) is 9.92. The molecular formula is C24H31N3O4. The summed E-state index contributed by atoms with van der Waals surface area (Å²) in [5.41, 5.74) is 2.16. The molecule has 1 amide bonds. The van der Waals surface area contributed by atoms with Gasteiger partial charge in [0.1, 0.15) is 5.82 Å². The predicted molar refractivity (Wildman–Crippen MR) is 120 cm³/mol. The SMILES string of the molecule is CC(C)C[C@H](C(=O)N1CCN(c2ccc(-c3ccccc3)cn2)C[C@H]1C)[C@H](O)C(=O)O. The average molecular weight is 426 g/mol. The first-order valence-corrected chi connectivity index (χ1v) is 10.8. The number of pyridine rings is 1. The number of amides is 1. The van der Waals surface area contributed by atoms with Gasteiger partial charge in [0.05, 0.1) is 5.92 Å². The predicted octanol–water partition coefficient (Wildman–Crippen LogP) is 2.89. The van der Waals surface area contributed by atoms with Gasteiger partial charge in [-0.25, -0.2) is 9.78 Å². The molecule has 1 fully saturated rings. The van der Waals surface area contributed by atoms with Crippen molar-refractivity contribution in [3.8, 4) is 11.1 Å². The van der Waals surface area contributed by atoms with Crippen molar-refractivity contribution in [2.75, 3.05) is 24.5 Å². The van der Waals surface area contributed by atoms with Crippen LogP contribution in [0, 0.1) is 11.8 Å². The highest BCUT2D eigenvalue weighted by atomic mass is 16.4. The number of nitrogens with zero attached hydrogens (tertiary/aromatic N) is 3. The molecule has 1 aromatic carbocycles. The van der Waals surface area contributed by atoms with Crippen molar-refractivity contribution in [3.63, 3.8) is 0 Å². The van der Waals surface area contributed by atoms with Crippen LogP contribution in [0.2, 0.25) is 0 Å². The van der Waals surface area contributed by atoms with Gasteiger partial charge in [0.15, 0.2) is 6.10 Å². The summed E-state index contributed by atoms with van der Waals surface area (Å²) >= 11 is 0. The summed E-state index contributed by atoms with van der Waals surface area (Å²) in [6, 6.07) is 14.0. The van der Waals surface area contributed by atoms with Crippen LogP contribution in [0.25, 0.3) is 11.1 Å². The van der Waals surface area contributed by atoms with Crippen molar-refractivity contribution in [1.82, 2.24) is 9.88 Å². The summed E-state index contributed by atoms with van der Waals surface area (Å²) in [5.74, 6) is -1.62. The van der Waals surface area contributed by atoms with E-state index >= 15 is 0 Å². The number of piperazine rings is 1. The normalized spacial score (nSPS) is 18.7. The van der Waals surface area contributed by atoms with Gasteiger partial charge in [-0.15, -0.1) is 0 Å². The Labute approximate surface area is 183 Å². The lowest BCUT2D eigenvalue weighted by molar-refractivity contribution is -0.158. The highest BCUT2D eigenvalue weighted by molar-refractivity contribution is 5.86. The minimum absolute atomic E-state index is 0.104. The smallest absolute Gasteiger partial charge is 0.333 e. The Hall–Kier alpha value is -2.93. The van der Waals surface area contributed by atoms with Crippen LogP contribution in [0.1, 0.15) is 27.2 Å². The van der Waals surface area contributed by atoms with E-state index in [-0.39, 0.29) is 17.9 Å². The number of benzene rings is 1. The van der Waals surface area contributed by atoms with Gasteiger partial charge in [0.25, 0.3) is 0 Å². The van der Waals surface area contributed by atoms with Crippen molar-refractivity contribution in [2.24, 2.45) is 11.8 Å². The van der Waals surface area contributed by atoms with Crippen molar-refractivity contribution < 1.29 is 19.8 Å². The molecule has 0 unspecified atom stereocenters. The van der Waals surface area contributed by atoms with Gasteiger partial charge in [-0.2, -0.15) is 0 Å². The maximum absolute atomic E-state index is 13.1. The zero-order valence-corrected chi connectivity index (χ0v) is 18.3. The van der Waals surface area contributed by atoms with Crippen LogP contribution in [0.3, 0.4) is 0 Å². The second-order valence-electron chi connectivity index (χ2n) is 8.62. The molecule has 166 valence electrons. The Morgan fingerprint density at radius 2 is 1.81 bits per heavy atom. The highest BCUT2D eigenvalue weighted by Gasteiger charge is 2.38. The largest absolute Gasteiger partial charge is 0.479 e. The van der Waals surface area contributed by atoms with Crippen LogP contribution < -0.4 is 4.90 Å². The van der Waals surface area contributed by atoms with E-state index in [1.165, 1.54) is 0 Å². The van der Waals surface area contributed by atoms with E-state index in [1.807, 2.05) is 69.4 Å². The molecule has 3 atom stereocenters. The molecule has 7 heteroatoms. The number of aromatic nitrogens is 1. The molecule has 1 saturated heterocycles. The minimum Gasteiger partial charge on any atom is -0.479 e. The summed E-state index contributed by atoms with van der Waals surface area (Å²) in [5, 5.41) is 19.3. The fourth-order valence-electron chi connectivity index (χ4n) is 4.13. The lowest BCUT2D eigenvalue weighted by Crippen LogP contribution is -2.57. The van der Waals surface area contributed by atoms with E-state index in [0.717, 1.165) is 16.9 Å². The van der Waals surface area contributed by atoms with Gasteiger partial charge >= 0.3 is 5.97 Å². The van der Waals surface area contributed by atoms with Crippen LogP contribution in [-0.4, -0.2) is 63.8 Å². The Bertz CT molecular complexity index is 885. The summed E-state index contributed by atoms with van der Waals surface area (Å²) in [6.45, 7) is 7.44. The Morgan fingerprint density at radius 1 is 1.10 bits per heavy atom. The number of aliphatic carboxylic acids is 1. The van der Waals surface area contributed by atoms with Gasteiger partial charge in [0.2, 0.25) is 5.91 Å². The van der Waals surface area contributed by atoms with E-state index in [2.05, 4.69) is 9.88 Å². The topological polar surface area (TPSA) is 94.0 Å². The zero-order chi connectivity index (χ0) is 22.5. The van der Waals surface area contributed by atoms with Crippen LogP contribution in [-0.2, 0) is 9.59 Å². The quantitative estimate of drug-likeness (QED) is 0.708. The fraction of sp³-hybridized carbons (Fsp3) is 0.458. The van der Waals surface area contributed by atoms with Crippen molar-refractivity contribution in [3.05, 3.63) is 48.7 Å². The van der Waals surface area contributed by atoms with E-state index < -0.39 is 18.0 Å². The molecule has 1 aliphatic heterocycles. The third-order valence-corrected chi connectivity index (χ3v) is 5.77. The summed E-state index contributed by atoms with van der Waals surface area (Å²) in [4.78, 5) is 32.9. The number of rotatable bonds is 7. The average Bonchev–Trinajstić information content (AvgIpc) is 2.77. The lowest BCUT2D eigenvalue weighted by atomic mass is 9.90. The van der Waals surface area contributed by atoms with Gasteiger partial charge in [-0.05, 0) is 37.0 Å². The summed E-state index contributed by atoms with van der Waals surface area (Å²) in [6.07, 6.45) is 0.503. The number of carboxylic acids is 1. The van der Waals surface area contributed by atoms with Gasteiger partial charge in [0, 0.05) is 37.4 Å². The first kappa shape index (κ1) is 22.7. The number of carbonyl (C=O) groups is 2. The number of anilines is 1. The van der Waals surface area contributed by atoms with Crippen molar-refractivity contribution >= 4 is 17.7 Å². The van der Waals surface area contributed by atoms with Crippen molar-refractivity contribution in [1.29, 1.82) is 0 Å². The number of hydrogen-bond donors (Lipinski definition) is 2. The standard InChI is InChI=1S/C24H31N3O4/c1-16(2)13-20(22(28)24(30)31)23(29)27-12-11-26(15-17(27)3)21-10-9-19(14-25-21)18-7-5-4-6-8-18/h4-10,14,16-17,20,22,28H,11-13,15H2,1-3H3,(H,30,31)/t17-,20+,22+/m1/s1. The van der Waals surface area contributed by atoms with Crippen LogP contribution in [0.4, 0.5) is 5.82 Å². The van der Waals surface area contributed by atoms with Crippen LogP contribution >= 0.6 is 0 Å². The van der Waals surface area contributed by atoms with E-state index in [4.69, 9.17) is 0 Å². The first-order valence-electron chi connectivity index (χ1n) is 10.8. The molecule has 0 aliphatic carbocycles. The summed E-state index contributed by atoms with van der Waals surface area (Å²) < 4.78 is 0. The molecule has 2 heterocycles. The number of aliphatic hydroxyl groups excluding tert-OH is 1. The Balaban J connectivity index is 1.68. The molecule has 2 aromatic rings. The molecule has 31 heavy (non-hydrogen) atoms. The van der Waals surface area contributed by atoms with Crippen LogP contribution in [0.15, 0.2) is 48.7 Å². The Kier molecular flexibility index (Phi) is 7.28. The Morgan fingerprint density at radius 3 is 2.35 bits per heavy atom. The van der Waals surface area contributed by atoms with Gasteiger partial charge in [-0.3, -0.25) is 4.79 Å². The minimum atomic E-state index is -1.69. The van der Waals surface area contributed by atoms with E-state index in [0.29, 0.717) is 26.1 Å². The van der Waals surface area contributed by atoms with Gasteiger partial charge in [-0.1, -0.05) is 44.2 Å². The van der Waals surface area contributed by atoms with Crippen molar-refractivity contribution in [2.45, 2.75) is 39.3 Å². The lowest BCUT2D eigenvalue weighted by Gasteiger charge is -2.42. The van der Waals surface area contributed by atoms with Gasteiger partial charge < -0.3 is 20.0 Å². The van der Waals surface area contributed by atoms with E-state index in [1.54, 1.807) is 4.90 Å². The number of hydrogen-bond acceptors (Lipinski definition) is 5. The third-order valence-electron chi connectivity index (χ3n) is 5.77. The molecule has 0 saturated carbocycles. The molecule has 1 aliphatic rings. The molecule has 0 spiro atoms. The molecule has 0 radical (unpaired) electrons. The zero-order valence-electron chi connectivity index (χ0n) is 18.3. The monoisotopic (exact) mass is 425 g/mol. The highest BCUT2D eigenvalue weighted by Crippen LogP contribution is 2.25.